The van der Waals surface area contributed by atoms with Gasteiger partial charge in [0.05, 0.1) is 19.3 Å². The second kappa shape index (κ2) is 6.47. The minimum Gasteiger partial charge on any atom is -0.274 e. The standard InChI is InChI=1S/C14H15Cl2N3O2/c1-9-12(14(20)18(2)21-3)13(16)19(17-9)8-10-6-4-5-7-11(10)15/h4-7H,8H2,1-3H3. The number of rotatable bonds is 4. The highest BCUT2D eigenvalue weighted by Crippen LogP contribution is 2.24. The summed E-state index contributed by atoms with van der Waals surface area (Å²) in [5.41, 5.74) is 1.75. The Bertz CT molecular complexity index is 670. The Morgan fingerprint density at radius 1 is 1.38 bits per heavy atom. The number of carbonyl (C=O) groups excluding carboxylic acids is 1. The molecule has 2 aromatic rings. The molecule has 0 aliphatic rings. The molecule has 0 saturated heterocycles. The Hall–Kier alpha value is -1.56. The highest BCUT2D eigenvalue weighted by Gasteiger charge is 2.23. The van der Waals surface area contributed by atoms with Gasteiger partial charge in [-0.1, -0.05) is 41.4 Å². The van der Waals surface area contributed by atoms with Gasteiger partial charge in [-0.25, -0.2) is 9.75 Å². The third-order valence-corrected chi connectivity index (χ3v) is 3.87. The number of carbonyl (C=O) groups is 1. The molecule has 0 bridgehead atoms. The lowest BCUT2D eigenvalue weighted by atomic mass is 10.2. The summed E-state index contributed by atoms with van der Waals surface area (Å²) in [6.45, 7) is 2.12. The van der Waals surface area contributed by atoms with Crippen LogP contribution in [0.4, 0.5) is 0 Å². The molecule has 1 amide bonds. The first kappa shape index (κ1) is 15.8. The maximum atomic E-state index is 12.2. The van der Waals surface area contributed by atoms with Crippen LogP contribution in [0.3, 0.4) is 0 Å². The highest BCUT2D eigenvalue weighted by molar-refractivity contribution is 6.33. The van der Waals surface area contributed by atoms with Crippen LogP contribution in [-0.2, 0) is 11.4 Å². The lowest BCUT2D eigenvalue weighted by Gasteiger charge is -2.13. The zero-order chi connectivity index (χ0) is 15.6. The van der Waals surface area contributed by atoms with E-state index in [2.05, 4.69) is 5.10 Å². The number of halogens is 2. The van der Waals surface area contributed by atoms with E-state index in [1.807, 2.05) is 18.2 Å². The molecule has 2 rings (SSSR count). The SMILES string of the molecule is CON(C)C(=O)c1c(C)nn(Cc2ccccc2Cl)c1Cl. The van der Waals surface area contributed by atoms with Gasteiger partial charge in [-0.15, -0.1) is 0 Å². The van der Waals surface area contributed by atoms with Gasteiger partial charge in [0.1, 0.15) is 10.7 Å². The van der Waals surface area contributed by atoms with Gasteiger partial charge in [-0.3, -0.25) is 9.63 Å². The normalized spacial score (nSPS) is 10.7. The van der Waals surface area contributed by atoms with Crippen molar-refractivity contribution in [3.05, 3.63) is 51.3 Å². The second-order valence-electron chi connectivity index (χ2n) is 4.49. The van der Waals surface area contributed by atoms with Crippen LogP contribution in [0.5, 0.6) is 0 Å². The fourth-order valence-corrected chi connectivity index (χ4v) is 2.44. The van der Waals surface area contributed by atoms with E-state index in [0.29, 0.717) is 22.8 Å². The van der Waals surface area contributed by atoms with Crippen molar-refractivity contribution in [3.63, 3.8) is 0 Å². The molecule has 0 radical (unpaired) electrons. The van der Waals surface area contributed by atoms with Gasteiger partial charge in [0.2, 0.25) is 0 Å². The van der Waals surface area contributed by atoms with Gasteiger partial charge < -0.3 is 0 Å². The van der Waals surface area contributed by atoms with E-state index in [1.54, 1.807) is 17.7 Å². The first-order valence-corrected chi connectivity index (χ1v) is 6.99. The Morgan fingerprint density at radius 2 is 2.05 bits per heavy atom. The molecule has 1 aromatic heterocycles. The molecule has 0 spiro atoms. The molecule has 5 nitrogen and oxygen atoms in total. The molecule has 0 N–H and O–H groups in total. The number of aryl methyl sites for hydroxylation is 1. The van der Waals surface area contributed by atoms with E-state index in [9.17, 15) is 4.79 Å². The molecule has 21 heavy (non-hydrogen) atoms. The molecule has 7 heteroatoms. The third-order valence-electron chi connectivity index (χ3n) is 3.12. The van der Waals surface area contributed by atoms with Crippen LogP contribution >= 0.6 is 23.2 Å². The first-order valence-electron chi connectivity index (χ1n) is 6.24. The van der Waals surface area contributed by atoms with E-state index < -0.39 is 0 Å². The minimum absolute atomic E-state index is 0.265. The van der Waals surface area contributed by atoms with Gasteiger partial charge in [0, 0.05) is 12.1 Å². The summed E-state index contributed by atoms with van der Waals surface area (Å²) in [6, 6.07) is 7.42. The van der Waals surface area contributed by atoms with E-state index in [4.69, 9.17) is 28.0 Å². The summed E-state index contributed by atoms with van der Waals surface area (Å²) in [4.78, 5) is 17.1. The summed E-state index contributed by atoms with van der Waals surface area (Å²) < 4.78 is 1.55. The molecule has 1 heterocycles. The van der Waals surface area contributed by atoms with Crippen molar-refractivity contribution >= 4 is 29.1 Å². The van der Waals surface area contributed by atoms with Gasteiger partial charge >= 0.3 is 0 Å². The minimum atomic E-state index is -0.342. The highest BCUT2D eigenvalue weighted by atomic mass is 35.5. The first-order chi connectivity index (χ1) is 9.95. The van der Waals surface area contributed by atoms with Crippen LogP contribution < -0.4 is 0 Å². The summed E-state index contributed by atoms with van der Waals surface area (Å²) in [6.07, 6.45) is 0. The van der Waals surface area contributed by atoms with Gasteiger partial charge in [0.25, 0.3) is 5.91 Å². The number of aromatic nitrogens is 2. The Morgan fingerprint density at radius 3 is 2.67 bits per heavy atom. The Balaban J connectivity index is 2.36. The van der Waals surface area contributed by atoms with Crippen LogP contribution in [-0.4, -0.2) is 34.9 Å². The average molecular weight is 328 g/mol. The second-order valence-corrected chi connectivity index (χ2v) is 5.25. The lowest BCUT2D eigenvalue weighted by Crippen LogP contribution is -2.26. The van der Waals surface area contributed by atoms with Crippen molar-refractivity contribution in [2.45, 2.75) is 13.5 Å². The maximum absolute atomic E-state index is 12.2. The third kappa shape index (κ3) is 3.20. The van der Waals surface area contributed by atoms with Crippen molar-refractivity contribution in [1.82, 2.24) is 14.8 Å². The molecular weight excluding hydrogens is 313 g/mol. The van der Waals surface area contributed by atoms with Crippen molar-refractivity contribution < 1.29 is 9.63 Å². The molecular formula is C14H15Cl2N3O2. The molecule has 0 unspecified atom stereocenters. The fraction of sp³-hybridized carbons (Fsp3) is 0.286. The van der Waals surface area contributed by atoms with Crippen LogP contribution in [0, 0.1) is 6.92 Å². The zero-order valence-corrected chi connectivity index (χ0v) is 13.4. The number of hydrogen-bond donors (Lipinski definition) is 0. The Kier molecular flexibility index (Phi) is 4.88. The summed E-state index contributed by atoms with van der Waals surface area (Å²) >= 11 is 12.4. The van der Waals surface area contributed by atoms with Crippen LogP contribution in [0.2, 0.25) is 10.2 Å². The van der Waals surface area contributed by atoms with Crippen LogP contribution in [0.15, 0.2) is 24.3 Å². The summed E-state index contributed by atoms with van der Waals surface area (Å²) in [7, 11) is 2.93. The van der Waals surface area contributed by atoms with Crippen molar-refractivity contribution in [1.29, 1.82) is 0 Å². The van der Waals surface area contributed by atoms with Crippen LogP contribution in [0.25, 0.3) is 0 Å². The number of hydrogen-bond acceptors (Lipinski definition) is 3. The molecule has 1 aromatic carbocycles. The Labute approximate surface area is 133 Å². The number of hydroxylamine groups is 2. The van der Waals surface area contributed by atoms with Crippen molar-refractivity contribution in [3.8, 4) is 0 Å². The average Bonchev–Trinajstić information content (AvgIpc) is 2.74. The largest absolute Gasteiger partial charge is 0.282 e. The van der Waals surface area contributed by atoms with E-state index in [0.717, 1.165) is 10.6 Å². The van der Waals surface area contributed by atoms with Crippen LogP contribution in [0.1, 0.15) is 21.6 Å². The van der Waals surface area contributed by atoms with Crippen molar-refractivity contribution in [2.75, 3.05) is 14.2 Å². The molecule has 0 aliphatic heterocycles. The molecule has 0 saturated carbocycles. The summed E-state index contributed by atoms with van der Waals surface area (Å²) in [5, 5.41) is 6.31. The van der Waals surface area contributed by atoms with Gasteiger partial charge in [-0.05, 0) is 18.6 Å². The van der Waals surface area contributed by atoms with Crippen molar-refractivity contribution in [2.24, 2.45) is 0 Å². The number of benzene rings is 1. The van der Waals surface area contributed by atoms with E-state index >= 15 is 0 Å². The molecule has 0 fully saturated rings. The number of nitrogens with zero attached hydrogens (tertiary/aromatic N) is 3. The predicted molar refractivity (Wildman–Crippen MR) is 81.6 cm³/mol. The fourth-order valence-electron chi connectivity index (χ4n) is 1.93. The predicted octanol–water partition coefficient (Wildman–Crippen LogP) is 3.18. The van der Waals surface area contributed by atoms with Gasteiger partial charge in [0.15, 0.2) is 0 Å². The monoisotopic (exact) mass is 327 g/mol. The molecule has 0 aliphatic carbocycles. The topological polar surface area (TPSA) is 47.4 Å². The maximum Gasteiger partial charge on any atom is 0.282 e. The number of amides is 1. The molecule has 112 valence electrons. The molecule has 0 atom stereocenters. The zero-order valence-electron chi connectivity index (χ0n) is 11.9. The smallest absolute Gasteiger partial charge is 0.274 e. The lowest BCUT2D eigenvalue weighted by molar-refractivity contribution is -0.0757. The van der Waals surface area contributed by atoms with E-state index in [-0.39, 0.29) is 11.1 Å². The van der Waals surface area contributed by atoms with E-state index in [1.165, 1.54) is 14.2 Å². The summed E-state index contributed by atoms with van der Waals surface area (Å²) in [5.74, 6) is -0.342. The van der Waals surface area contributed by atoms with Gasteiger partial charge in [-0.2, -0.15) is 5.10 Å². The quantitative estimate of drug-likeness (QED) is 0.810.